The van der Waals surface area contributed by atoms with Crippen LogP contribution < -0.4 is 39.4 Å². The van der Waals surface area contributed by atoms with Crippen LogP contribution in [0.4, 0.5) is 0 Å². The normalized spacial score (nSPS) is 14.1. The van der Waals surface area contributed by atoms with E-state index in [1.165, 1.54) is 0 Å². The molecule has 1 aromatic heterocycles. The van der Waals surface area contributed by atoms with Crippen LogP contribution in [-0.2, 0) is 4.79 Å². The average molecular weight is 504 g/mol. The Morgan fingerprint density at radius 2 is 1.62 bits per heavy atom. The number of carbonyl (C=O) groups is 1. The van der Waals surface area contributed by atoms with Crippen LogP contribution >= 0.6 is 0 Å². The van der Waals surface area contributed by atoms with E-state index in [2.05, 4.69) is 0 Å². The molecule has 0 amide bonds. The number of rotatable bonds is 8. The molecule has 37 heavy (non-hydrogen) atoms. The minimum atomic E-state index is -1.30. The second-order valence-corrected chi connectivity index (χ2v) is 8.78. The molecule has 182 valence electrons. The number of oxazole rings is 1. The molecule has 3 aromatic carbocycles. The zero-order chi connectivity index (χ0) is 24.9. The molecule has 0 radical (unpaired) electrons. The van der Waals surface area contributed by atoms with Crippen molar-refractivity contribution in [3.63, 3.8) is 0 Å². The molecule has 1 heterocycles. The fourth-order valence-corrected chi connectivity index (χ4v) is 4.62. The van der Waals surface area contributed by atoms with Crippen LogP contribution in [0.5, 0.6) is 5.75 Å². The van der Waals surface area contributed by atoms with Gasteiger partial charge in [0.1, 0.15) is 24.2 Å². The van der Waals surface area contributed by atoms with Crippen molar-refractivity contribution in [2.24, 2.45) is 0 Å². The number of hydrogen-bond donors (Lipinski definition) is 1. The number of carboxylic acids is 1. The molecule has 0 aliphatic heterocycles. The van der Waals surface area contributed by atoms with Gasteiger partial charge in [0.2, 0.25) is 5.89 Å². The summed E-state index contributed by atoms with van der Waals surface area (Å²) in [5.41, 5.74) is 5.06. The van der Waals surface area contributed by atoms with Crippen LogP contribution in [0.2, 0.25) is 0 Å². The van der Waals surface area contributed by atoms with Crippen LogP contribution in [0.3, 0.4) is 0 Å². The summed E-state index contributed by atoms with van der Waals surface area (Å²) >= 11 is 0. The Bertz CT molecular complexity index is 1320. The first-order valence-corrected chi connectivity index (χ1v) is 12.0. The maximum Gasteiger partial charge on any atom is 1.00 e. The van der Waals surface area contributed by atoms with Gasteiger partial charge < -0.3 is 24.2 Å². The Hall–Kier alpha value is -3.16. The minimum absolute atomic E-state index is 0. The monoisotopic (exact) mass is 503 g/mol. The number of aliphatic hydroxyl groups is 1. The molecular weight excluding hydrogens is 477 g/mol. The number of benzene rings is 3. The summed E-state index contributed by atoms with van der Waals surface area (Å²) in [6.45, 7) is -0.547. The smallest absolute Gasteiger partial charge is 0.546 e. The van der Waals surface area contributed by atoms with Gasteiger partial charge in [0, 0.05) is 16.7 Å². The Balaban J connectivity index is 0.00000320. The number of allylic oxidation sites excluding steroid dienone is 1. The molecular formula is C30H26NNaO5. The third kappa shape index (κ3) is 6.22. The van der Waals surface area contributed by atoms with Gasteiger partial charge in [-0.1, -0.05) is 72.8 Å². The zero-order valence-corrected chi connectivity index (χ0v) is 22.7. The molecule has 0 bridgehead atoms. The van der Waals surface area contributed by atoms with E-state index in [0.29, 0.717) is 29.4 Å². The van der Waals surface area contributed by atoms with Crippen LogP contribution in [0.25, 0.3) is 28.2 Å². The van der Waals surface area contributed by atoms with Crippen molar-refractivity contribution in [1.29, 1.82) is 0 Å². The first-order valence-electron chi connectivity index (χ1n) is 12.0. The van der Waals surface area contributed by atoms with E-state index < -0.39 is 18.7 Å². The summed E-state index contributed by atoms with van der Waals surface area (Å²) in [5, 5.41) is 22.1. The minimum Gasteiger partial charge on any atom is -0.546 e. The second-order valence-electron chi connectivity index (χ2n) is 8.78. The van der Waals surface area contributed by atoms with E-state index in [9.17, 15) is 15.0 Å². The third-order valence-corrected chi connectivity index (χ3v) is 6.34. The Labute approximate surface area is 237 Å². The summed E-state index contributed by atoms with van der Waals surface area (Å²) < 4.78 is 11.7. The number of hydrogen-bond acceptors (Lipinski definition) is 6. The fraction of sp³-hybridized carbons (Fsp3) is 0.200. The number of carboxylic acid groups (broad SMARTS) is 1. The largest absolute Gasteiger partial charge is 1.00 e. The van der Waals surface area contributed by atoms with Gasteiger partial charge in [0.15, 0.2) is 5.76 Å². The van der Waals surface area contributed by atoms with Crippen molar-refractivity contribution >= 4 is 11.5 Å². The van der Waals surface area contributed by atoms with E-state index in [0.717, 1.165) is 47.2 Å². The van der Waals surface area contributed by atoms with E-state index in [-0.39, 0.29) is 29.6 Å². The zero-order valence-electron chi connectivity index (χ0n) is 20.7. The number of aromatic nitrogens is 1. The predicted molar refractivity (Wildman–Crippen MR) is 135 cm³/mol. The van der Waals surface area contributed by atoms with Crippen molar-refractivity contribution in [3.8, 4) is 28.3 Å². The van der Waals surface area contributed by atoms with Gasteiger partial charge in [0.25, 0.3) is 0 Å². The summed E-state index contributed by atoms with van der Waals surface area (Å²) in [6.07, 6.45) is 2.50. The van der Waals surface area contributed by atoms with E-state index in [1.807, 2.05) is 60.7 Å². The number of aliphatic hydroxyl groups excluding tert-OH is 1. The van der Waals surface area contributed by atoms with E-state index in [1.54, 1.807) is 24.3 Å². The van der Waals surface area contributed by atoms with Crippen LogP contribution in [0.1, 0.15) is 43.2 Å². The topological polar surface area (TPSA) is 95.6 Å². The maximum atomic E-state index is 11.4. The molecule has 6 nitrogen and oxygen atoms in total. The van der Waals surface area contributed by atoms with Crippen molar-refractivity contribution in [2.75, 3.05) is 6.61 Å². The summed E-state index contributed by atoms with van der Waals surface area (Å²) in [4.78, 5) is 15.7. The molecule has 1 aliphatic rings. The van der Waals surface area contributed by atoms with Gasteiger partial charge in [-0.2, -0.15) is 0 Å². The molecule has 0 fully saturated rings. The first-order chi connectivity index (χ1) is 17.6. The van der Waals surface area contributed by atoms with Gasteiger partial charge in [0.05, 0.1) is 5.97 Å². The molecule has 4 aromatic rings. The molecule has 1 unspecified atom stereocenters. The van der Waals surface area contributed by atoms with E-state index in [4.69, 9.17) is 14.1 Å². The number of nitrogens with zero attached hydrogens (tertiary/aromatic N) is 1. The van der Waals surface area contributed by atoms with Crippen LogP contribution in [-0.4, -0.2) is 22.7 Å². The molecule has 1 aliphatic carbocycles. The second kappa shape index (κ2) is 12.4. The van der Waals surface area contributed by atoms with Gasteiger partial charge >= 0.3 is 29.6 Å². The molecule has 5 rings (SSSR count). The van der Waals surface area contributed by atoms with E-state index >= 15 is 0 Å². The van der Waals surface area contributed by atoms with Crippen molar-refractivity contribution < 1.29 is 53.7 Å². The Morgan fingerprint density at radius 3 is 2.32 bits per heavy atom. The number of aliphatic carboxylic acids is 1. The quantitative estimate of drug-likeness (QED) is 0.371. The van der Waals surface area contributed by atoms with Crippen molar-refractivity contribution in [2.45, 2.75) is 31.8 Å². The van der Waals surface area contributed by atoms with Gasteiger partial charge in [-0.25, -0.2) is 4.98 Å². The number of carbonyl (C=O) groups excluding carboxylic acids is 1. The van der Waals surface area contributed by atoms with Crippen molar-refractivity contribution in [1.82, 2.24) is 4.98 Å². The fourth-order valence-electron chi connectivity index (χ4n) is 4.62. The molecule has 7 heteroatoms. The number of ether oxygens (including phenoxy) is 1. The van der Waals surface area contributed by atoms with Gasteiger partial charge in [-0.3, -0.25) is 0 Å². The molecule has 0 saturated heterocycles. The Morgan fingerprint density at radius 1 is 0.946 bits per heavy atom. The molecule has 0 saturated carbocycles. The maximum absolute atomic E-state index is 11.4. The summed E-state index contributed by atoms with van der Waals surface area (Å²) in [5.74, 6) is 0.278. The SMILES string of the molecule is O=C([O-])COc1cccc(C(O)C2=C(c3nc(-c4ccccc4)c(-c4ccccc4)o3)CCCC2)c1.[Na+]. The standard InChI is InChI=1S/C30H27NO5.Na/c32-26(33)19-35-23-15-9-14-22(18-23)28(34)24-16-7-8-17-25(24)30-31-27(20-10-3-1-4-11-20)29(36-30)21-12-5-2-6-13-21;/h1-6,9-15,18,28,34H,7-8,16-17,19H2,(H,32,33);/q;+1/p-1. The third-order valence-electron chi connectivity index (χ3n) is 6.34. The molecule has 0 spiro atoms. The Kier molecular flexibility index (Phi) is 9.00. The van der Waals surface area contributed by atoms with Crippen LogP contribution in [0, 0.1) is 0 Å². The summed E-state index contributed by atoms with van der Waals surface area (Å²) in [7, 11) is 0. The van der Waals surface area contributed by atoms with Gasteiger partial charge in [-0.05, 0) is 49.0 Å². The average Bonchev–Trinajstić information content (AvgIpc) is 3.38. The molecule has 1 atom stereocenters. The van der Waals surface area contributed by atoms with Gasteiger partial charge in [-0.15, -0.1) is 0 Å². The predicted octanol–water partition coefficient (Wildman–Crippen LogP) is 2.20. The molecule has 1 N–H and O–H groups in total. The first kappa shape index (κ1) is 26.9. The van der Waals surface area contributed by atoms with Crippen molar-refractivity contribution in [3.05, 3.63) is 102 Å². The summed E-state index contributed by atoms with van der Waals surface area (Å²) in [6, 6.07) is 26.7. The van der Waals surface area contributed by atoms with Crippen LogP contribution in [0.15, 0.2) is 94.9 Å².